The Morgan fingerprint density at radius 2 is 1.65 bits per heavy atom. The van der Waals surface area contributed by atoms with Crippen LogP contribution in [0.2, 0.25) is 0 Å². The zero-order valence-electron chi connectivity index (χ0n) is 24.7. The lowest BCUT2D eigenvalue weighted by atomic mass is 9.68. The van der Waals surface area contributed by atoms with E-state index in [2.05, 4.69) is 21.6 Å². The zero-order chi connectivity index (χ0) is 30.9. The Morgan fingerprint density at radius 3 is 2.16 bits per heavy atom. The Hall–Kier alpha value is -4.56. The van der Waals surface area contributed by atoms with Crippen LogP contribution >= 0.6 is 0 Å². The SMILES string of the molecule is CC(C)c1nnc(C2(C[C@H](C)NCC(=O)N3CCCC3C#N)c3ccc(C(N)=O)cc3CCc3cc(C(N)=O)ccc32)o1. The van der Waals surface area contributed by atoms with E-state index >= 15 is 0 Å². The minimum Gasteiger partial charge on any atom is -0.424 e. The highest BCUT2D eigenvalue weighted by Gasteiger charge is 2.47. The van der Waals surface area contributed by atoms with E-state index < -0.39 is 23.3 Å². The molecule has 11 nitrogen and oxygen atoms in total. The van der Waals surface area contributed by atoms with E-state index in [0.717, 1.165) is 28.7 Å². The number of nitrogens with one attached hydrogen (secondary N) is 1. The molecule has 1 fully saturated rings. The third-order valence-electron chi connectivity index (χ3n) is 8.60. The van der Waals surface area contributed by atoms with Gasteiger partial charge in [-0.15, -0.1) is 10.2 Å². The summed E-state index contributed by atoms with van der Waals surface area (Å²) >= 11 is 0. The molecule has 0 spiro atoms. The van der Waals surface area contributed by atoms with Crippen molar-refractivity contribution in [3.63, 3.8) is 0 Å². The molecular weight excluding hydrogens is 546 g/mol. The second-order valence-corrected chi connectivity index (χ2v) is 11.8. The second kappa shape index (κ2) is 12.0. The Labute approximate surface area is 250 Å². The number of nitriles is 1. The van der Waals surface area contributed by atoms with E-state index in [-0.39, 0.29) is 24.4 Å². The van der Waals surface area contributed by atoms with Gasteiger partial charge in [-0.1, -0.05) is 26.0 Å². The van der Waals surface area contributed by atoms with Crippen LogP contribution in [0.25, 0.3) is 0 Å². The van der Waals surface area contributed by atoms with Crippen molar-refractivity contribution in [1.82, 2.24) is 20.4 Å². The number of rotatable bonds is 9. The van der Waals surface area contributed by atoms with Crippen molar-refractivity contribution in [2.45, 2.75) is 76.3 Å². The van der Waals surface area contributed by atoms with Crippen molar-refractivity contribution in [3.05, 3.63) is 81.6 Å². The number of hydrogen-bond donors (Lipinski definition) is 3. The smallest absolute Gasteiger partial charge is 0.248 e. The molecule has 3 amide bonds. The standard InChI is InChI=1S/C32H37N7O4/c1-18(2)30-37-38-31(43-30)32(15-19(3)36-17-27(40)39-12-4-5-24(39)16-33)25-10-8-22(28(34)41)13-20(25)6-7-21-14-23(29(35)42)9-11-26(21)32/h8-11,13-14,18-19,24,36H,4-7,12,15,17H2,1-3H3,(H2,34,41)(H2,35,42)/t19-,24?/m0/s1. The fraction of sp³-hybridized carbons (Fsp3) is 0.438. The number of nitrogens with zero attached hydrogens (tertiary/aromatic N) is 4. The molecule has 224 valence electrons. The quantitative estimate of drug-likeness (QED) is 0.344. The van der Waals surface area contributed by atoms with Gasteiger partial charge in [0, 0.05) is 29.6 Å². The van der Waals surface area contributed by atoms with E-state index in [0.29, 0.717) is 55.1 Å². The molecule has 1 aliphatic carbocycles. The Bertz CT molecular complexity index is 1540. The number of nitrogens with two attached hydrogens (primary N) is 2. The molecular formula is C32H37N7O4. The average molecular weight is 584 g/mol. The van der Waals surface area contributed by atoms with Gasteiger partial charge >= 0.3 is 0 Å². The third kappa shape index (κ3) is 5.62. The van der Waals surface area contributed by atoms with E-state index in [1.807, 2.05) is 45.0 Å². The number of hydrogen-bond acceptors (Lipinski definition) is 8. The van der Waals surface area contributed by atoms with Crippen molar-refractivity contribution in [1.29, 1.82) is 5.26 Å². The van der Waals surface area contributed by atoms with Gasteiger partial charge < -0.3 is 26.1 Å². The summed E-state index contributed by atoms with van der Waals surface area (Å²) in [7, 11) is 0. The van der Waals surface area contributed by atoms with Gasteiger partial charge in [-0.2, -0.15) is 5.26 Å². The van der Waals surface area contributed by atoms with Crippen LogP contribution in [0.1, 0.15) is 101 Å². The zero-order valence-corrected chi connectivity index (χ0v) is 24.7. The maximum atomic E-state index is 13.1. The summed E-state index contributed by atoms with van der Waals surface area (Å²) in [6, 6.07) is 12.4. The largest absolute Gasteiger partial charge is 0.424 e. The molecule has 43 heavy (non-hydrogen) atoms. The molecule has 1 aliphatic heterocycles. The lowest BCUT2D eigenvalue weighted by Crippen LogP contribution is -2.45. The highest BCUT2D eigenvalue weighted by atomic mass is 16.4. The van der Waals surface area contributed by atoms with Gasteiger partial charge in [0.1, 0.15) is 11.5 Å². The fourth-order valence-corrected chi connectivity index (χ4v) is 6.43. The summed E-state index contributed by atoms with van der Waals surface area (Å²) in [5, 5.41) is 21.8. The highest BCUT2D eigenvalue weighted by Crippen LogP contribution is 2.48. The summed E-state index contributed by atoms with van der Waals surface area (Å²) in [6.45, 7) is 6.57. The first-order valence-corrected chi connectivity index (χ1v) is 14.7. The number of aromatic nitrogens is 2. The predicted octanol–water partition coefficient (Wildman–Crippen LogP) is 2.71. The number of carbonyl (C=O) groups is 3. The number of primary amides is 2. The van der Waals surface area contributed by atoms with Crippen molar-refractivity contribution in [3.8, 4) is 6.07 Å². The lowest BCUT2D eigenvalue weighted by molar-refractivity contribution is -0.130. The monoisotopic (exact) mass is 583 g/mol. The Morgan fingerprint density at radius 1 is 1.05 bits per heavy atom. The highest BCUT2D eigenvalue weighted by molar-refractivity contribution is 5.94. The van der Waals surface area contributed by atoms with Crippen LogP contribution in [0.5, 0.6) is 0 Å². The summed E-state index contributed by atoms with van der Waals surface area (Å²) < 4.78 is 6.40. The molecule has 5 N–H and O–H groups in total. The molecule has 1 unspecified atom stereocenters. The topological polar surface area (TPSA) is 181 Å². The summed E-state index contributed by atoms with van der Waals surface area (Å²) in [5.74, 6) is -0.336. The van der Waals surface area contributed by atoms with Gasteiger partial charge in [0.25, 0.3) is 0 Å². The van der Waals surface area contributed by atoms with Gasteiger partial charge in [-0.05, 0) is 85.5 Å². The maximum Gasteiger partial charge on any atom is 0.248 e. The van der Waals surface area contributed by atoms with Gasteiger partial charge in [0.05, 0.1) is 12.6 Å². The van der Waals surface area contributed by atoms with E-state index in [1.165, 1.54) is 0 Å². The molecule has 2 heterocycles. The van der Waals surface area contributed by atoms with Crippen LogP contribution in [-0.4, -0.2) is 58.0 Å². The molecule has 0 bridgehead atoms. The summed E-state index contributed by atoms with van der Waals surface area (Å²) in [4.78, 5) is 39.0. The van der Waals surface area contributed by atoms with Crippen LogP contribution in [0.3, 0.4) is 0 Å². The second-order valence-electron chi connectivity index (χ2n) is 11.8. The first kappa shape index (κ1) is 29.9. The molecule has 5 rings (SSSR count). The number of amides is 3. The van der Waals surface area contributed by atoms with Crippen molar-refractivity contribution in [2.75, 3.05) is 13.1 Å². The summed E-state index contributed by atoms with van der Waals surface area (Å²) in [6.07, 6.45) is 3.05. The van der Waals surface area contributed by atoms with Crippen LogP contribution in [0, 0.1) is 11.3 Å². The Balaban J connectivity index is 1.64. The predicted molar refractivity (Wildman–Crippen MR) is 158 cm³/mol. The first-order valence-electron chi connectivity index (χ1n) is 14.7. The normalized spacial score (nSPS) is 17.9. The number of aryl methyl sites for hydroxylation is 2. The summed E-state index contributed by atoms with van der Waals surface area (Å²) in [5.41, 5.74) is 14.7. The van der Waals surface area contributed by atoms with Crippen molar-refractivity contribution >= 4 is 17.7 Å². The molecule has 11 heteroatoms. The maximum absolute atomic E-state index is 13.1. The number of likely N-dealkylation sites (tertiary alicyclic amines) is 1. The van der Waals surface area contributed by atoms with Gasteiger partial charge in [-0.3, -0.25) is 14.4 Å². The minimum atomic E-state index is -0.994. The van der Waals surface area contributed by atoms with Crippen LogP contribution in [0.15, 0.2) is 40.8 Å². The number of benzene rings is 2. The van der Waals surface area contributed by atoms with Crippen LogP contribution < -0.4 is 16.8 Å². The van der Waals surface area contributed by atoms with Crippen molar-refractivity contribution in [2.24, 2.45) is 11.5 Å². The molecule has 2 atom stereocenters. The molecule has 3 aromatic rings. The molecule has 0 saturated carbocycles. The van der Waals surface area contributed by atoms with E-state index in [4.69, 9.17) is 15.9 Å². The average Bonchev–Trinajstić information content (AvgIpc) is 3.66. The molecule has 2 aromatic carbocycles. The fourth-order valence-electron chi connectivity index (χ4n) is 6.43. The molecule has 2 aliphatic rings. The van der Waals surface area contributed by atoms with Gasteiger partial charge in [0.2, 0.25) is 29.5 Å². The molecule has 1 aromatic heterocycles. The molecule has 0 radical (unpaired) electrons. The van der Waals surface area contributed by atoms with Crippen LogP contribution in [0.4, 0.5) is 0 Å². The third-order valence-corrected chi connectivity index (χ3v) is 8.60. The van der Waals surface area contributed by atoms with E-state index in [9.17, 15) is 19.6 Å². The number of fused-ring (bicyclic) bond motifs is 2. The molecule has 1 saturated heterocycles. The van der Waals surface area contributed by atoms with Gasteiger partial charge in [0.15, 0.2) is 0 Å². The lowest BCUT2D eigenvalue weighted by Gasteiger charge is -2.36. The van der Waals surface area contributed by atoms with E-state index in [1.54, 1.807) is 17.0 Å². The van der Waals surface area contributed by atoms with Crippen molar-refractivity contribution < 1.29 is 18.8 Å². The number of carbonyl (C=O) groups excluding carboxylic acids is 3. The van der Waals surface area contributed by atoms with Crippen LogP contribution in [-0.2, 0) is 23.1 Å². The minimum absolute atomic E-state index is 0.0146. The van der Waals surface area contributed by atoms with Gasteiger partial charge in [-0.25, -0.2) is 0 Å². The first-order chi connectivity index (χ1) is 20.5. The Kier molecular flexibility index (Phi) is 8.33.